The van der Waals surface area contributed by atoms with E-state index in [9.17, 15) is 4.39 Å². The van der Waals surface area contributed by atoms with Crippen LogP contribution in [0.3, 0.4) is 0 Å². The molecule has 16 heavy (non-hydrogen) atoms. The number of hydrogen-bond donors (Lipinski definition) is 1. The second kappa shape index (κ2) is 6.11. The van der Waals surface area contributed by atoms with Crippen LogP contribution in [0, 0.1) is 5.82 Å². The Kier molecular flexibility index (Phi) is 5.09. The molecule has 0 bridgehead atoms. The molecule has 0 fully saturated rings. The van der Waals surface area contributed by atoms with Gasteiger partial charge in [0.05, 0.1) is 12.0 Å². The maximum absolute atomic E-state index is 14.2. The van der Waals surface area contributed by atoms with Crippen LogP contribution in [0.15, 0.2) is 17.0 Å². The first kappa shape index (κ1) is 13.3. The number of ether oxygens (including phenoxy) is 1. The third-order valence-corrected chi connectivity index (χ3v) is 3.43. The Morgan fingerprint density at radius 1 is 1.50 bits per heavy atom. The lowest BCUT2D eigenvalue weighted by molar-refractivity contribution is 0.395. The van der Waals surface area contributed by atoms with Crippen LogP contribution in [-0.2, 0) is 0 Å². The lowest BCUT2D eigenvalue weighted by atomic mass is 9.97. The molecular formula is C12H18FNOS. The number of hydrogen-bond acceptors (Lipinski definition) is 3. The Labute approximate surface area is 100 Å². The van der Waals surface area contributed by atoms with E-state index in [4.69, 9.17) is 10.5 Å². The molecular weight excluding hydrogens is 225 g/mol. The van der Waals surface area contributed by atoms with Gasteiger partial charge in [0.25, 0.3) is 0 Å². The average molecular weight is 243 g/mol. The van der Waals surface area contributed by atoms with Gasteiger partial charge < -0.3 is 10.5 Å². The zero-order valence-electron chi connectivity index (χ0n) is 9.92. The van der Waals surface area contributed by atoms with Gasteiger partial charge >= 0.3 is 0 Å². The normalized spacial score (nSPS) is 12.6. The van der Waals surface area contributed by atoms with Crippen molar-refractivity contribution in [1.82, 2.24) is 0 Å². The van der Waals surface area contributed by atoms with Crippen molar-refractivity contribution in [2.75, 3.05) is 19.9 Å². The topological polar surface area (TPSA) is 35.2 Å². The molecule has 0 aliphatic heterocycles. The smallest absolute Gasteiger partial charge is 0.143 e. The highest BCUT2D eigenvalue weighted by Crippen LogP contribution is 2.35. The largest absolute Gasteiger partial charge is 0.495 e. The lowest BCUT2D eigenvalue weighted by Gasteiger charge is -2.15. The van der Waals surface area contributed by atoms with Crippen molar-refractivity contribution in [2.24, 2.45) is 5.73 Å². The highest BCUT2D eigenvalue weighted by Gasteiger charge is 2.17. The van der Waals surface area contributed by atoms with Gasteiger partial charge in [-0.25, -0.2) is 4.39 Å². The first-order chi connectivity index (χ1) is 7.65. The number of thioether (sulfide) groups is 1. The summed E-state index contributed by atoms with van der Waals surface area (Å²) < 4.78 is 19.3. The lowest BCUT2D eigenvalue weighted by Crippen LogP contribution is -2.07. The molecule has 1 atom stereocenters. The molecule has 1 unspecified atom stereocenters. The fourth-order valence-corrected chi connectivity index (χ4v) is 2.34. The van der Waals surface area contributed by atoms with Crippen LogP contribution < -0.4 is 10.5 Å². The Morgan fingerprint density at radius 3 is 2.69 bits per heavy atom. The predicted molar refractivity (Wildman–Crippen MR) is 66.8 cm³/mol. The summed E-state index contributed by atoms with van der Waals surface area (Å²) in [5.74, 6) is 0.559. The minimum atomic E-state index is -0.173. The monoisotopic (exact) mass is 243 g/mol. The van der Waals surface area contributed by atoms with Crippen LogP contribution in [0.2, 0.25) is 0 Å². The first-order valence-corrected chi connectivity index (χ1v) is 6.48. The molecule has 0 aliphatic rings. The molecule has 1 aromatic carbocycles. The molecule has 0 amide bonds. The number of halogens is 1. The summed E-state index contributed by atoms with van der Waals surface area (Å²) in [4.78, 5) is 0.573. The van der Waals surface area contributed by atoms with Crippen LogP contribution in [0.25, 0.3) is 0 Å². The third-order valence-electron chi connectivity index (χ3n) is 2.65. The Balaban J connectivity index is 3.13. The maximum Gasteiger partial charge on any atom is 0.143 e. The van der Waals surface area contributed by atoms with Gasteiger partial charge in [-0.15, -0.1) is 11.8 Å². The molecule has 2 nitrogen and oxygen atoms in total. The SMILES string of the molecule is COc1ccc(C(C)CCN)c(F)c1SC. The van der Waals surface area contributed by atoms with Gasteiger partial charge in [-0.05, 0) is 36.8 Å². The number of rotatable bonds is 5. The van der Waals surface area contributed by atoms with Crippen molar-refractivity contribution >= 4 is 11.8 Å². The van der Waals surface area contributed by atoms with Crippen molar-refractivity contribution in [3.05, 3.63) is 23.5 Å². The average Bonchev–Trinajstić information content (AvgIpc) is 2.28. The summed E-state index contributed by atoms with van der Waals surface area (Å²) >= 11 is 1.37. The fourth-order valence-electron chi connectivity index (χ4n) is 1.69. The van der Waals surface area contributed by atoms with Crippen molar-refractivity contribution in [2.45, 2.75) is 24.2 Å². The van der Waals surface area contributed by atoms with E-state index in [0.29, 0.717) is 17.2 Å². The van der Waals surface area contributed by atoms with E-state index in [1.807, 2.05) is 19.2 Å². The summed E-state index contributed by atoms with van der Waals surface area (Å²) in [7, 11) is 1.55. The van der Waals surface area contributed by atoms with Crippen LogP contribution in [-0.4, -0.2) is 19.9 Å². The second-order valence-corrected chi connectivity index (χ2v) is 4.50. The van der Waals surface area contributed by atoms with Crippen LogP contribution >= 0.6 is 11.8 Å². The molecule has 2 N–H and O–H groups in total. The van der Waals surface area contributed by atoms with E-state index in [0.717, 1.165) is 12.0 Å². The van der Waals surface area contributed by atoms with Crippen molar-refractivity contribution in [1.29, 1.82) is 0 Å². The number of nitrogens with two attached hydrogens (primary N) is 1. The van der Waals surface area contributed by atoms with E-state index in [1.165, 1.54) is 11.8 Å². The minimum Gasteiger partial charge on any atom is -0.495 e. The predicted octanol–water partition coefficient (Wildman–Crippen LogP) is 3.01. The number of methoxy groups -OCH3 is 1. The molecule has 1 rings (SSSR count). The van der Waals surface area contributed by atoms with Gasteiger partial charge in [-0.3, -0.25) is 0 Å². The highest BCUT2D eigenvalue weighted by molar-refractivity contribution is 7.98. The molecule has 0 spiro atoms. The molecule has 90 valence electrons. The zero-order chi connectivity index (χ0) is 12.1. The molecule has 0 radical (unpaired) electrons. The van der Waals surface area contributed by atoms with Crippen molar-refractivity contribution in [3.63, 3.8) is 0 Å². The van der Waals surface area contributed by atoms with Gasteiger partial charge in [0.1, 0.15) is 11.6 Å². The van der Waals surface area contributed by atoms with Gasteiger partial charge in [0, 0.05) is 0 Å². The van der Waals surface area contributed by atoms with Crippen molar-refractivity contribution in [3.8, 4) is 5.75 Å². The molecule has 0 aliphatic carbocycles. The molecule has 1 aromatic rings. The quantitative estimate of drug-likeness (QED) is 0.807. The summed E-state index contributed by atoms with van der Waals surface area (Å²) in [6.07, 6.45) is 2.63. The van der Waals surface area contributed by atoms with E-state index >= 15 is 0 Å². The van der Waals surface area contributed by atoms with Gasteiger partial charge in [0.2, 0.25) is 0 Å². The Hall–Kier alpha value is -0.740. The summed E-state index contributed by atoms with van der Waals surface area (Å²) in [6, 6.07) is 3.60. The molecule has 0 saturated carbocycles. The van der Waals surface area contributed by atoms with E-state index in [1.54, 1.807) is 13.2 Å². The maximum atomic E-state index is 14.2. The molecule has 4 heteroatoms. The second-order valence-electron chi connectivity index (χ2n) is 3.68. The Bertz CT molecular complexity index is 357. The zero-order valence-corrected chi connectivity index (χ0v) is 10.7. The van der Waals surface area contributed by atoms with Crippen LogP contribution in [0.4, 0.5) is 4.39 Å². The van der Waals surface area contributed by atoms with E-state index in [2.05, 4.69) is 0 Å². The van der Waals surface area contributed by atoms with Crippen molar-refractivity contribution < 1.29 is 9.13 Å². The third kappa shape index (κ3) is 2.68. The van der Waals surface area contributed by atoms with Gasteiger partial charge in [0.15, 0.2) is 0 Å². The first-order valence-electron chi connectivity index (χ1n) is 5.26. The Morgan fingerprint density at radius 2 is 2.19 bits per heavy atom. The van der Waals surface area contributed by atoms with Gasteiger partial charge in [-0.2, -0.15) is 0 Å². The van der Waals surface area contributed by atoms with E-state index < -0.39 is 0 Å². The molecule has 0 heterocycles. The van der Waals surface area contributed by atoms with Crippen LogP contribution in [0.1, 0.15) is 24.8 Å². The number of benzene rings is 1. The summed E-state index contributed by atoms with van der Waals surface area (Å²) in [5, 5.41) is 0. The standard InChI is InChI=1S/C12H18FNOS/c1-8(6-7-14)9-4-5-10(15-2)12(16-3)11(9)13/h4-5,8H,6-7,14H2,1-3H3. The minimum absolute atomic E-state index is 0.141. The highest BCUT2D eigenvalue weighted by atomic mass is 32.2. The molecule has 0 aromatic heterocycles. The van der Waals surface area contributed by atoms with E-state index in [-0.39, 0.29) is 11.7 Å². The summed E-state index contributed by atoms with van der Waals surface area (Å²) in [5.41, 5.74) is 6.21. The summed E-state index contributed by atoms with van der Waals surface area (Å²) in [6.45, 7) is 2.56. The van der Waals surface area contributed by atoms with Gasteiger partial charge in [-0.1, -0.05) is 13.0 Å². The fraction of sp³-hybridized carbons (Fsp3) is 0.500. The van der Waals surface area contributed by atoms with Crippen LogP contribution in [0.5, 0.6) is 5.75 Å². The molecule has 0 saturated heterocycles.